The second-order valence-corrected chi connectivity index (χ2v) is 17.0. The summed E-state index contributed by atoms with van der Waals surface area (Å²) in [6.07, 6.45) is 0.552. The third-order valence-electron chi connectivity index (χ3n) is 12.0. The van der Waals surface area contributed by atoms with Gasteiger partial charge in [-0.1, -0.05) is 59.7 Å². The van der Waals surface area contributed by atoms with Gasteiger partial charge in [0.25, 0.3) is 0 Å². The predicted octanol–water partition coefficient (Wildman–Crippen LogP) is 11.1. The van der Waals surface area contributed by atoms with Crippen molar-refractivity contribution in [3.05, 3.63) is 142 Å². The van der Waals surface area contributed by atoms with Gasteiger partial charge in [-0.3, -0.25) is 9.59 Å². The Balaban J connectivity index is 1.54. The number of rotatable bonds is 16. The van der Waals surface area contributed by atoms with Crippen LogP contribution in [0.1, 0.15) is 133 Å². The molecule has 4 aromatic carbocycles. The molecule has 0 amide bonds. The Labute approximate surface area is 357 Å². The minimum atomic E-state index is -0.790. The van der Waals surface area contributed by atoms with Crippen LogP contribution in [0.5, 0.6) is 46.0 Å². The van der Waals surface area contributed by atoms with Crippen LogP contribution in [0.25, 0.3) is 0 Å². The number of phenols is 6. The maximum Gasteiger partial charge on any atom is 0.174 e. The molecule has 10 nitrogen and oxygen atoms in total. The Bertz CT molecular complexity index is 2250. The van der Waals surface area contributed by atoms with Crippen LogP contribution in [0.2, 0.25) is 0 Å². The number of ether oxygens (including phenoxy) is 2. The highest BCUT2D eigenvalue weighted by Gasteiger charge is 2.40. The zero-order valence-electron chi connectivity index (χ0n) is 35.4. The lowest BCUT2D eigenvalue weighted by atomic mass is 9.81. The minimum absolute atomic E-state index is 0.0138. The molecule has 10 heteroatoms. The van der Waals surface area contributed by atoms with Gasteiger partial charge in [-0.05, 0) is 113 Å². The van der Waals surface area contributed by atoms with Gasteiger partial charge in [-0.15, -0.1) is 13.2 Å². The van der Waals surface area contributed by atoms with Gasteiger partial charge in [0, 0.05) is 28.7 Å². The molecular weight excluding hydrogens is 773 g/mol. The van der Waals surface area contributed by atoms with Gasteiger partial charge in [0.05, 0.1) is 12.8 Å². The molecule has 6 N–H and O–H groups in total. The average molecular weight is 829 g/mol. The summed E-state index contributed by atoms with van der Waals surface area (Å²) in [5, 5.41) is 68.5. The van der Waals surface area contributed by atoms with E-state index >= 15 is 0 Å². The van der Waals surface area contributed by atoms with Crippen LogP contribution in [0.15, 0.2) is 97.1 Å². The molecule has 6 rings (SSSR count). The first kappa shape index (κ1) is 44.1. The van der Waals surface area contributed by atoms with E-state index in [4.69, 9.17) is 9.47 Å². The highest BCUT2D eigenvalue weighted by atomic mass is 16.5. The molecule has 0 saturated heterocycles. The summed E-state index contributed by atoms with van der Waals surface area (Å²) in [5.41, 5.74) is 4.67. The Morgan fingerprint density at radius 1 is 0.557 bits per heavy atom. The van der Waals surface area contributed by atoms with E-state index in [2.05, 4.69) is 26.3 Å². The largest absolute Gasteiger partial charge is 0.508 e. The summed E-state index contributed by atoms with van der Waals surface area (Å²) < 4.78 is 13.0. The molecule has 4 atom stereocenters. The minimum Gasteiger partial charge on any atom is -0.508 e. The molecule has 320 valence electrons. The first-order valence-corrected chi connectivity index (χ1v) is 20.6. The summed E-state index contributed by atoms with van der Waals surface area (Å²) in [5.74, 6) is -3.17. The molecule has 0 bridgehead atoms. The molecule has 61 heavy (non-hydrogen) atoms. The first-order chi connectivity index (χ1) is 28.9. The first-order valence-electron chi connectivity index (χ1n) is 20.6. The molecule has 0 radical (unpaired) electrons. The van der Waals surface area contributed by atoms with E-state index in [0.717, 1.165) is 22.3 Å². The van der Waals surface area contributed by atoms with E-state index in [0.29, 0.717) is 36.8 Å². The topological polar surface area (TPSA) is 174 Å². The summed E-state index contributed by atoms with van der Waals surface area (Å²) in [6, 6.07) is 12.5. The van der Waals surface area contributed by atoms with Gasteiger partial charge in [0.15, 0.2) is 11.6 Å². The SMILES string of the molecule is C=C(C)CCC(Cc1c(O)c(Cc2c(O)c(CC(CCC(=C)C)C(=C)C)c3c(c2O)C(=O)CC(c2ccc(O)cc2)O3)c(O)c2c1OC(c1ccc(O)cc1)CC2=O)C(=C)C. The van der Waals surface area contributed by atoms with Crippen molar-refractivity contribution in [1.29, 1.82) is 0 Å². The van der Waals surface area contributed by atoms with Crippen molar-refractivity contribution < 1.29 is 49.7 Å². The molecule has 2 aliphatic heterocycles. The van der Waals surface area contributed by atoms with Crippen LogP contribution < -0.4 is 9.47 Å². The van der Waals surface area contributed by atoms with Crippen molar-refractivity contribution in [2.45, 2.75) is 97.7 Å². The summed E-state index contributed by atoms with van der Waals surface area (Å²) in [6.45, 7) is 24.1. The van der Waals surface area contributed by atoms with Gasteiger partial charge in [-0.2, -0.15) is 0 Å². The quantitative estimate of drug-likeness (QED) is 0.0597. The van der Waals surface area contributed by atoms with Crippen molar-refractivity contribution in [3.8, 4) is 46.0 Å². The molecule has 2 aliphatic rings. The smallest absolute Gasteiger partial charge is 0.174 e. The second-order valence-electron chi connectivity index (χ2n) is 17.0. The zero-order valence-corrected chi connectivity index (χ0v) is 35.4. The van der Waals surface area contributed by atoms with Crippen LogP contribution in [0.3, 0.4) is 0 Å². The van der Waals surface area contributed by atoms with Crippen molar-refractivity contribution in [2.75, 3.05) is 0 Å². The van der Waals surface area contributed by atoms with E-state index in [1.807, 2.05) is 27.7 Å². The molecule has 4 aromatic rings. The summed E-state index contributed by atoms with van der Waals surface area (Å²) in [4.78, 5) is 28.3. The van der Waals surface area contributed by atoms with Gasteiger partial charge < -0.3 is 40.1 Å². The van der Waals surface area contributed by atoms with Crippen LogP contribution in [-0.4, -0.2) is 42.2 Å². The molecule has 0 spiro atoms. The second kappa shape index (κ2) is 18.1. The Morgan fingerprint density at radius 3 is 1.21 bits per heavy atom. The number of allylic oxidation sites excluding steroid dienone is 4. The number of fused-ring (bicyclic) bond motifs is 2. The van der Waals surface area contributed by atoms with E-state index in [1.54, 1.807) is 24.3 Å². The van der Waals surface area contributed by atoms with E-state index in [9.17, 15) is 40.2 Å². The van der Waals surface area contributed by atoms with Crippen molar-refractivity contribution in [2.24, 2.45) is 11.8 Å². The third-order valence-corrected chi connectivity index (χ3v) is 12.0. The van der Waals surface area contributed by atoms with Crippen LogP contribution in [-0.2, 0) is 19.3 Å². The van der Waals surface area contributed by atoms with Crippen molar-refractivity contribution in [1.82, 2.24) is 0 Å². The number of hydrogen-bond acceptors (Lipinski definition) is 10. The van der Waals surface area contributed by atoms with Gasteiger partial charge >= 0.3 is 0 Å². The number of ketones is 2. The fourth-order valence-electron chi connectivity index (χ4n) is 8.33. The molecule has 0 aliphatic carbocycles. The number of benzene rings is 4. The van der Waals surface area contributed by atoms with Crippen LogP contribution in [0, 0.1) is 11.8 Å². The number of hydrogen-bond donors (Lipinski definition) is 6. The molecule has 0 saturated carbocycles. The van der Waals surface area contributed by atoms with Gasteiger partial charge in [0.2, 0.25) is 0 Å². The normalized spacial score (nSPS) is 16.7. The molecular formula is C51H56O10. The highest BCUT2D eigenvalue weighted by molar-refractivity contribution is 6.05. The lowest BCUT2D eigenvalue weighted by Gasteiger charge is -2.32. The van der Waals surface area contributed by atoms with E-state index < -0.39 is 53.2 Å². The molecule has 0 fully saturated rings. The summed E-state index contributed by atoms with van der Waals surface area (Å²) >= 11 is 0. The molecule has 2 heterocycles. The molecule has 4 unspecified atom stereocenters. The lowest BCUT2D eigenvalue weighted by Crippen LogP contribution is -2.24. The number of phenolic OH excluding ortho intramolecular Hbond substituents is 6. The lowest BCUT2D eigenvalue weighted by molar-refractivity contribution is 0.0831. The van der Waals surface area contributed by atoms with Crippen LogP contribution in [0.4, 0.5) is 0 Å². The maximum absolute atomic E-state index is 14.2. The summed E-state index contributed by atoms with van der Waals surface area (Å²) in [7, 11) is 0. The van der Waals surface area contributed by atoms with Crippen LogP contribution >= 0.6 is 0 Å². The van der Waals surface area contributed by atoms with Gasteiger partial charge in [0.1, 0.15) is 69.3 Å². The fraction of sp³-hybridized carbons (Fsp3) is 0.333. The maximum atomic E-state index is 14.2. The monoisotopic (exact) mass is 828 g/mol. The Morgan fingerprint density at radius 2 is 0.902 bits per heavy atom. The zero-order chi connectivity index (χ0) is 44.4. The van der Waals surface area contributed by atoms with E-state index in [-0.39, 0.29) is 93.9 Å². The number of carbonyl (C=O) groups is 2. The average Bonchev–Trinajstić information content (AvgIpc) is 3.19. The van der Waals surface area contributed by atoms with E-state index in [1.165, 1.54) is 24.3 Å². The van der Waals surface area contributed by atoms with Crippen molar-refractivity contribution >= 4 is 11.6 Å². The number of Topliss-reactive ketones (excluding diaryl/α,β-unsaturated/α-hetero) is 2. The standard InChI is InChI=1S/C51H56O10/c1-26(2)9-11-32(28(5)6)21-38-46(56)36(48(58)44-40(54)24-42(60-50(38)44)30-13-17-34(52)18-14-30)23-37-47(57)39(22-33(29(7)8)12-10-27(3)4)51-45(49(37)59)41(55)25-43(61-51)31-15-19-35(53)20-16-31/h13-20,32-33,42-43,52-53,56-59H,1,3,5,7,9-12,21-25H2,2,4,6,8H3. The Kier molecular flexibility index (Phi) is 13.1. The number of aromatic hydroxyl groups is 6. The van der Waals surface area contributed by atoms with Gasteiger partial charge in [-0.25, -0.2) is 0 Å². The molecule has 0 aromatic heterocycles. The Hall–Kier alpha value is -6.42. The third kappa shape index (κ3) is 9.33. The predicted molar refractivity (Wildman–Crippen MR) is 235 cm³/mol. The highest BCUT2D eigenvalue weighted by Crippen LogP contribution is 2.54. The number of carbonyl (C=O) groups excluding carboxylic acids is 2. The fourth-order valence-corrected chi connectivity index (χ4v) is 8.33. The van der Waals surface area contributed by atoms with Crippen molar-refractivity contribution in [3.63, 3.8) is 0 Å².